The number of hydrogen-bond acceptors (Lipinski definition) is 5. The molecule has 6 nitrogen and oxygen atoms in total. The molecule has 0 radical (unpaired) electrons. The van der Waals surface area contributed by atoms with Gasteiger partial charge in [-0.1, -0.05) is 12.1 Å². The number of phenolic OH excluding ortho intramolecular Hbond substituents is 1. The smallest absolute Gasteiger partial charge is 0.262 e. The minimum Gasteiger partial charge on any atom is -0.503 e. The summed E-state index contributed by atoms with van der Waals surface area (Å²) in [6, 6.07) is 10.6. The first-order valence-electron chi connectivity index (χ1n) is 7.63. The van der Waals surface area contributed by atoms with Gasteiger partial charge < -0.3 is 15.2 Å². The Balaban J connectivity index is 1.97. The van der Waals surface area contributed by atoms with E-state index in [1.165, 1.54) is 13.3 Å². The van der Waals surface area contributed by atoms with Crippen molar-refractivity contribution >= 4 is 33.7 Å². The zero-order chi connectivity index (χ0) is 18.4. The van der Waals surface area contributed by atoms with E-state index in [1.54, 1.807) is 19.1 Å². The summed E-state index contributed by atoms with van der Waals surface area (Å²) in [7, 11) is 1.46. The second-order valence-corrected chi connectivity index (χ2v) is 6.38. The van der Waals surface area contributed by atoms with Crippen LogP contribution in [0.4, 0.5) is 5.69 Å². The van der Waals surface area contributed by atoms with Gasteiger partial charge in [0, 0.05) is 5.69 Å². The number of hydrogen-bond donors (Lipinski definition) is 3. The fourth-order valence-corrected chi connectivity index (χ4v) is 2.60. The van der Waals surface area contributed by atoms with Gasteiger partial charge in [-0.2, -0.15) is 5.10 Å². The van der Waals surface area contributed by atoms with Crippen LogP contribution in [0.25, 0.3) is 0 Å². The monoisotopic (exact) mass is 405 g/mol. The highest BCUT2D eigenvalue weighted by Gasteiger charge is 2.12. The SMILES string of the molecule is COc1cc(C=NNC(=O)C(C)Nc2cccc(C)c2)cc(Br)c1O. The lowest BCUT2D eigenvalue weighted by Gasteiger charge is -2.13. The van der Waals surface area contributed by atoms with Crippen molar-refractivity contribution in [3.8, 4) is 11.5 Å². The van der Waals surface area contributed by atoms with Crippen molar-refractivity contribution < 1.29 is 14.6 Å². The van der Waals surface area contributed by atoms with Gasteiger partial charge in [0.25, 0.3) is 5.91 Å². The zero-order valence-corrected chi connectivity index (χ0v) is 15.8. The van der Waals surface area contributed by atoms with Gasteiger partial charge in [-0.25, -0.2) is 5.43 Å². The lowest BCUT2D eigenvalue weighted by molar-refractivity contribution is -0.121. The Labute approximate surface area is 155 Å². The lowest BCUT2D eigenvalue weighted by atomic mass is 10.2. The van der Waals surface area contributed by atoms with Crippen LogP contribution in [0.5, 0.6) is 11.5 Å². The number of phenols is 1. The highest BCUT2D eigenvalue weighted by molar-refractivity contribution is 9.10. The van der Waals surface area contributed by atoms with E-state index < -0.39 is 6.04 Å². The molecule has 0 spiro atoms. The molecule has 0 fully saturated rings. The third kappa shape index (κ3) is 5.22. The summed E-state index contributed by atoms with van der Waals surface area (Å²) >= 11 is 3.24. The fraction of sp³-hybridized carbons (Fsp3) is 0.222. The van der Waals surface area contributed by atoms with Crippen LogP contribution in [0.3, 0.4) is 0 Å². The van der Waals surface area contributed by atoms with Gasteiger partial charge in [-0.3, -0.25) is 4.79 Å². The number of nitrogens with zero attached hydrogens (tertiary/aromatic N) is 1. The lowest BCUT2D eigenvalue weighted by Crippen LogP contribution is -2.34. The minimum absolute atomic E-state index is 0.0136. The summed E-state index contributed by atoms with van der Waals surface area (Å²) < 4.78 is 5.55. The molecule has 0 aliphatic carbocycles. The summed E-state index contributed by atoms with van der Waals surface area (Å²) in [6.07, 6.45) is 1.48. The second-order valence-electron chi connectivity index (χ2n) is 5.52. The average Bonchev–Trinajstić information content (AvgIpc) is 2.57. The molecule has 7 heteroatoms. The number of benzene rings is 2. The van der Waals surface area contributed by atoms with Crippen LogP contribution in [0, 0.1) is 6.92 Å². The maximum atomic E-state index is 12.1. The Hall–Kier alpha value is -2.54. The number of carbonyl (C=O) groups excluding carboxylic acids is 1. The van der Waals surface area contributed by atoms with Gasteiger partial charge >= 0.3 is 0 Å². The van der Waals surface area contributed by atoms with E-state index in [4.69, 9.17) is 4.74 Å². The van der Waals surface area contributed by atoms with E-state index in [9.17, 15) is 9.90 Å². The van der Waals surface area contributed by atoms with Crippen molar-refractivity contribution in [1.82, 2.24) is 5.43 Å². The average molecular weight is 406 g/mol. The number of anilines is 1. The molecule has 0 heterocycles. The number of rotatable bonds is 6. The molecule has 1 amide bonds. The molecule has 2 aromatic carbocycles. The van der Waals surface area contributed by atoms with Crippen molar-refractivity contribution in [2.75, 3.05) is 12.4 Å². The molecule has 25 heavy (non-hydrogen) atoms. The van der Waals surface area contributed by atoms with Gasteiger partial charge in [0.05, 0.1) is 17.8 Å². The number of carbonyl (C=O) groups is 1. The number of amides is 1. The normalized spacial score (nSPS) is 12.0. The summed E-state index contributed by atoms with van der Waals surface area (Å²) in [6.45, 7) is 3.75. The third-order valence-electron chi connectivity index (χ3n) is 3.45. The Bertz CT molecular complexity index is 793. The standard InChI is InChI=1S/C18H20BrN3O3/c1-11-5-4-6-14(7-11)21-12(2)18(24)22-20-10-13-8-15(19)17(23)16(9-13)25-3/h4-10,12,21,23H,1-3H3,(H,22,24). The Morgan fingerprint density at radius 2 is 2.12 bits per heavy atom. The molecule has 2 aromatic rings. The highest BCUT2D eigenvalue weighted by atomic mass is 79.9. The van der Waals surface area contributed by atoms with E-state index in [2.05, 4.69) is 31.8 Å². The number of hydrazone groups is 1. The fourth-order valence-electron chi connectivity index (χ4n) is 2.14. The first kappa shape index (κ1) is 18.8. The van der Waals surface area contributed by atoms with Crippen molar-refractivity contribution in [2.24, 2.45) is 5.10 Å². The number of aromatic hydroxyl groups is 1. The molecule has 0 aliphatic rings. The highest BCUT2D eigenvalue weighted by Crippen LogP contribution is 2.34. The summed E-state index contributed by atoms with van der Waals surface area (Å²) in [5.41, 5.74) is 5.14. The van der Waals surface area contributed by atoms with Crippen LogP contribution in [0.2, 0.25) is 0 Å². The van der Waals surface area contributed by atoms with Crippen LogP contribution in [0.15, 0.2) is 46.0 Å². The van der Waals surface area contributed by atoms with Crippen LogP contribution >= 0.6 is 15.9 Å². The van der Waals surface area contributed by atoms with Gasteiger partial charge in [0.1, 0.15) is 6.04 Å². The Morgan fingerprint density at radius 1 is 1.36 bits per heavy atom. The number of aryl methyl sites for hydroxylation is 1. The molecule has 1 unspecified atom stereocenters. The van der Waals surface area contributed by atoms with Gasteiger partial charge in [0.15, 0.2) is 11.5 Å². The molecular formula is C18H20BrN3O3. The molecule has 2 rings (SSSR count). The Morgan fingerprint density at radius 3 is 2.80 bits per heavy atom. The predicted molar refractivity (Wildman–Crippen MR) is 102 cm³/mol. The summed E-state index contributed by atoms with van der Waals surface area (Å²) in [5.74, 6) is 0.0684. The van der Waals surface area contributed by atoms with Crippen molar-refractivity contribution in [3.05, 3.63) is 52.0 Å². The third-order valence-corrected chi connectivity index (χ3v) is 4.06. The van der Waals surface area contributed by atoms with Crippen molar-refractivity contribution in [2.45, 2.75) is 19.9 Å². The topological polar surface area (TPSA) is 83.0 Å². The first-order chi connectivity index (χ1) is 11.9. The molecule has 0 aliphatic heterocycles. The molecular weight excluding hydrogens is 386 g/mol. The number of nitrogens with one attached hydrogen (secondary N) is 2. The largest absolute Gasteiger partial charge is 0.503 e. The minimum atomic E-state index is -0.444. The number of halogens is 1. The maximum Gasteiger partial charge on any atom is 0.262 e. The van der Waals surface area contributed by atoms with Gasteiger partial charge in [0.2, 0.25) is 0 Å². The molecule has 132 valence electrons. The Kier molecular flexibility index (Phi) is 6.41. The molecule has 1 atom stereocenters. The molecule has 0 saturated carbocycles. The molecule has 3 N–H and O–H groups in total. The van der Waals surface area contributed by atoms with E-state index in [1.807, 2.05) is 31.2 Å². The summed E-state index contributed by atoms with van der Waals surface area (Å²) in [4.78, 5) is 12.1. The van der Waals surface area contributed by atoms with Crippen molar-refractivity contribution in [1.29, 1.82) is 0 Å². The van der Waals surface area contributed by atoms with Gasteiger partial charge in [-0.15, -0.1) is 0 Å². The molecule has 0 aromatic heterocycles. The van der Waals surface area contributed by atoms with E-state index in [0.717, 1.165) is 11.3 Å². The number of methoxy groups -OCH3 is 1. The van der Waals surface area contributed by atoms with Crippen LogP contribution in [-0.2, 0) is 4.79 Å². The maximum absolute atomic E-state index is 12.1. The quantitative estimate of drug-likeness (QED) is 0.507. The molecule has 0 saturated heterocycles. The van der Waals surface area contributed by atoms with E-state index in [0.29, 0.717) is 15.8 Å². The van der Waals surface area contributed by atoms with Crippen LogP contribution < -0.4 is 15.5 Å². The number of ether oxygens (including phenoxy) is 1. The van der Waals surface area contributed by atoms with Crippen LogP contribution in [-0.4, -0.2) is 30.4 Å². The second kappa shape index (κ2) is 8.53. The first-order valence-corrected chi connectivity index (χ1v) is 8.42. The van der Waals surface area contributed by atoms with E-state index >= 15 is 0 Å². The van der Waals surface area contributed by atoms with E-state index in [-0.39, 0.29) is 11.7 Å². The van der Waals surface area contributed by atoms with Gasteiger partial charge in [-0.05, 0) is 65.2 Å². The van der Waals surface area contributed by atoms with Crippen LogP contribution in [0.1, 0.15) is 18.1 Å². The summed E-state index contributed by atoms with van der Waals surface area (Å²) in [5, 5.41) is 16.8. The predicted octanol–water partition coefficient (Wildman–Crippen LogP) is 3.42. The zero-order valence-electron chi connectivity index (χ0n) is 14.2. The van der Waals surface area contributed by atoms with Crippen molar-refractivity contribution in [3.63, 3.8) is 0 Å². The molecule has 0 bridgehead atoms.